The maximum atomic E-state index is 6.33. The van der Waals surface area contributed by atoms with Gasteiger partial charge in [0.2, 0.25) is 0 Å². The van der Waals surface area contributed by atoms with Crippen LogP contribution in [0.4, 0.5) is 0 Å². The van der Waals surface area contributed by atoms with Gasteiger partial charge in [-0.3, -0.25) is 0 Å². The van der Waals surface area contributed by atoms with Gasteiger partial charge in [-0.1, -0.05) is 65.0 Å². The number of hydrazone groups is 1. The van der Waals surface area contributed by atoms with Gasteiger partial charge in [0.15, 0.2) is 5.00 Å². The minimum absolute atomic E-state index is 0.0797. The second kappa shape index (κ2) is 16.0. The number of alkyl halides is 1. The largest absolute Gasteiger partial charge is 0.305 e. The molecule has 0 saturated carbocycles. The first-order valence-electron chi connectivity index (χ1n) is 12.4. The SMILES string of the molecule is CCCC(C)CC/C(C)=N/NC(C)(C)C.CCCC(C)CCC(C)(Cl)/N=N/C(C)(C)C. The van der Waals surface area contributed by atoms with E-state index in [0.717, 1.165) is 31.1 Å². The average molecular weight is 459 g/mol. The van der Waals surface area contributed by atoms with Gasteiger partial charge >= 0.3 is 0 Å². The van der Waals surface area contributed by atoms with Crippen molar-refractivity contribution in [1.29, 1.82) is 0 Å². The Kier molecular flexibility index (Phi) is 16.8. The molecule has 3 atom stereocenters. The number of nitrogens with one attached hydrogen (secondary N) is 1. The van der Waals surface area contributed by atoms with E-state index in [1.807, 2.05) is 27.7 Å². The Morgan fingerprint density at radius 3 is 1.71 bits per heavy atom. The Labute approximate surface area is 200 Å². The van der Waals surface area contributed by atoms with Gasteiger partial charge in [0.05, 0.1) is 5.54 Å². The quantitative estimate of drug-likeness (QED) is 0.102. The molecular weight excluding hydrogens is 404 g/mol. The molecule has 4 nitrogen and oxygen atoms in total. The molecular formula is C26H55ClN4. The number of azo groups is 1. The van der Waals surface area contributed by atoms with Crippen LogP contribution in [0.5, 0.6) is 0 Å². The third kappa shape index (κ3) is 25.5. The third-order valence-electron chi connectivity index (χ3n) is 4.80. The number of hydrogen-bond donors (Lipinski definition) is 1. The fourth-order valence-corrected chi connectivity index (χ4v) is 3.01. The van der Waals surface area contributed by atoms with Crippen molar-refractivity contribution in [2.24, 2.45) is 27.2 Å². The van der Waals surface area contributed by atoms with Gasteiger partial charge in [0.25, 0.3) is 0 Å². The third-order valence-corrected chi connectivity index (χ3v) is 5.06. The van der Waals surface area contributed by atoms with E-state index in [1.165, 1.54) is 37.8 Å². The molecule has 0 rings (SSSR count). The van der Waals surface area contributed by atoms with Crippen molar-refractivity contribution in [3.8, 4) is 0 Å². The number of rotatable bonds is 12. The zero-order valence-electron chi connectivity index (χ0n) is 23.0. The van der Waals surface area contributed by atoms with Gasteiger partial charge < -0.3 is 5.43 Å². The second-order valence-electron chi connectivity index (χ2n) is 11.6. The topological polar surface area (TPSA) is 49.1 Å². The summed E-state index contributed by atoms with van der Waals surface area (Å²) < 4.78 is 0. The second-order valence-corrected chi connectivity index (χ2v) is 12.4. The minimum Gasteiger partial charge on any atom is -0.305 e. The molecule has 0 heterocycles. The first-order valence-corrected chi connectivity index (χ1v) is 12.8. The molecule has 31 heavy (non-hydrogen) atoms. The molecule has 1 N–H and O–H groups in total. The molecule has 186 valence electrons. The molecule has 3 unspecified atom stereocenters. The van der Waals surface area contributed by atoms with Crippen LogP contribution in [0.3, 0.4) is 0 Å². The van der Waals surface area contributed by atoms with Crippen LogP contribution in [-0.4, -0.2) is 21.8 Å². The van der Waals surface area contributed by atoms with Gasteiger partial charge in [0, 0.05) is 11.3 Å². The normalized spacial score (nSPS) is 17.0. The van der Waals surface area contributed by atoms with E-state index >= 15 is 0 Å². The molecule has 0 aromatic heterocycles. The number of nitrogens with zero attached hydrogens (tertiary/aromatic N) is 3. The Morgan fingerprint density at radius 2 is 1.29 bits per heavy atom. The standard InChI is InChI=1S/C13H27ClN2.C13H28N2/c1-7-8-11(2)9-10-13(6,14)16-15-12(3,4)5;1-7-8-11(2)9-10-12(3)14-15-13(4,5)6/h11H,7-10H2,1-6H3;11,15H,7-10H2,1-6H3/b16-15+;14-12+. The van der Waals surface area contributed by atoms with E-state index in [4.69, 9.17) is 11.6 Å². The molecule has 0 saturated heterocycles. The average Bonchev–Trinajstić information content (AvgIpc) is 2.62. The van der Waals surface area contributed by atoms with E-state index in [2.05, 4.69) is 76.1 Å². The summed E-state index contributed by atoms with van der Waals surface area (Å²) in [6.07, 6.45) is 9.52. The van der Waals surface area contributed by atoms with Gasteiger partial charge in [-0.05, 0) is 92.9 Å². The maximum Gasteiger partial charge on any atom is 0.151 e. The molecule has 0 aromatic rings. The molecule has 0 aliphatic carbocycles. The monoisotopic (exact) mass is 458 g/mol. The summed E-state index contributed by atoms with van der Waals surface area (Å²) in [5.74, 6) is 1.56. The van der Waals surface area contributed by atoms with E-state index < -0.39 is 5.00 Å². The summed E-state index contributed by atoms with van der Waals surface area (Å²) in [6.45, 7) is 25.6. The number of halogens is 1. The van der Waals surface area contributed by atoms with Crippen molar-refractivity contribution in [3.63, 3.8) is 0 Å². The summed E-state index contributed by atoms with van der Waals surface area (Å²) in [5, 5.41) is 12.9. The summed E-state index contributed by atoms with van der Waals surface area (Å²) in [5.41, 5.74) is 4.33. The molecule has 0 spiro atoms. The van der Waals surface area contributed by atoms with Crippen molar-refractivity contribution in [2.75, 3.05) is 0 Å². The first kappa shape index (κ1) is 32.5. The van der Waals surface area contributed by atoms with Crippen molar-refractivity contribution >= 4 is 17.3 Å². The highest BCUT2D eigenvalue weighted by Gasteiger charge is 2.22. The summed E-state index contributed by atoms with van der Waals surface area (Å²) in [6, 6.07) is 0. The summed E-state index contributed by atoms with van der Waals surface area (Å²) in [4.78, 5) is -0.532. The fourth-order valence-electron chi connectivity index (χ4n) is 2.86. The lowest BCUT2D eigenvalue weighted by Gasteiger charge is -2.20. The lowest BCUT2D eigenvalue weighted by molar-refractivity contribution is 0.411. The molecule has 0 bridgehead atoms. The molecule has 0 aliphatic heterocycles. The molecule has 0 amide bonds. The smallest absolute Gasteiger partial charge is 0.151 e. The van der Waals surface area contributed by atoms with Crippen LogP contribution in [0.1, 0.15) is 134 Å². The van der Waals surface area contributed by atoms with Crippen LogP contribution < -0.4 is 5.43 Å². The molecule has 0 aliphatic rings. The highest BCUT2D eigenvalue weighted by molar-refractivity contribution is 6.23. The summed E-state index contributed by atoms with van der Waals surface area (Å²) in [7, 11) is 0. The van der Waals surface area contributed by atoms with E-state index in [0.29, 0.717) is 0 Å². The predicted octanol–water partition coefficient (Wildman–Crippen LogP) is 9.38. The van der Waals surface area contributed by atoms with Crippen LogP contribution in [0.2, 0.25) is 0 Å². The Balaban J connectivity index is 0. The van der Waals surface area contributed by atoms with E-state index in [-0.39, 0.29) is 11.1 Å². The molecule has 0 aromatic carbocycles. The lowest BCUT2D eigenvalue weighted by Crippen LogP contribution is -2.32. The Morgan fingerprint density at radius 1 is 0.806 bits per heavy atom. The molecule has 0 fully saturated rings. The van der Waals surface area contributed by atoms with Gasteiger partial charge in [-0.2, -0.15) is 15.3 Å². The maximum absolute atomic E-state index is 6.33. The molecule has 0 radical (unpaired) electrons. The van der Waals surface area contributed by atoms with Crippen molar-refractivity contribution in [2.45, 2.75) is 151 Å². The molecule has 5 heteroatoms. The van der Waals surface area contributed by atoms with Gasteiger partial charge in [-0.25, -0.2) is 0 Å². The first-order chi connectivity index (χ1) is 14.0. The van der Waals surface area contributed by atoms with Crippen molar-refractivity contribution < 1.29 is 0 Å². The van der Waals surface area contributed by atoms with Crippen LogP contribution in [0.15, 0.2) is 15.3 Å². The highest BCUT2D eigenvalue weighted by atomic mass is 35.5. The fraction of sp³-hybridized carbons (Fsp3) is 0.962. The Bertz CT molecular complexity index is 499. The zero-order valence-corrected chi connectivity index (χ0v) is 23.8. The van der Waals surface area contributed by atoms with Gasteiger partial charge in [0.1, 0.15) is 0 Å². The van der Waals surface area contributed by atoms with Crippen LogP contribution in [0, 0.1) is 11.8 Å². The number of hydrogen-bond acceptors (Lipinski definition) is 4. The minimum atomic E-state index is -0.532. The van der Waals surface area contributed by atoms with E-state index in [1.54, 1.807) is 0 Å². The van der Waals surface area contributed by atoms with Crippen LogP contribution in [-0.2, 0) is 0 Å². The van der Waals surface area contributed by atoms with Crippen molar-refractivity contribution in [3.05, 3.63) is 0 Å². The lowest BCUT2D eigenvalue weighted by atomic mass is 9.98. The highest BCUT2D eigenvalue weighted by Crippen LogP contribution is 2.28. The van der Waals surface area contributed by atoms with Crippen LogP contribution >= 0.6 is 11.6 Å². The van der Waals surface area contributed by atoms with Crippen molar-refractivity contribution in [1.82, 2.24) is 5.43 Å². The summed E-state index contributed by atoms with van der Waals surface area (Å²) >= 11 is 6.33. The van der Waals surface area contributed by atoms with E-state index in [9.17, 15) is 0 Å². The predicted molar refractivity (Wildman–Crippen MR) is 141 cm³/mol. The zero-order chi connectivity index (χ0) is 24.7. The van der Waals surface area contributed by atoms with Gasteiger partial charge in [-0.15, -0.1) is 0 Å². The Hall–Kier alpha value is -0.640. The van der Waals surface area contributed by atoms with Crippen LogP contribution in [0.25, 0.3) is 0 Å².